The van der Waals surface area contributed by atoms with Crippen molar-refractivity contribution in [2.45, 2.75) is 25.5 Å². The average Bonchev–Trinajstić information content (AvgIpc) is 2.40. The lowest BCUT2D eigenvalue weighted by Gasteiger charge is -2.29. The van der Waals surface area contributed by atoms with Crippen LogP contribution in [-0.4, -0.2) is 40.2 Å². The summed E-state index contributed by atoms with van der Waals surface area (Å²) in [7, 11) is 0. The fraction of sp³-hybridized carbons (Fsp3) is 0.462. The number of hydrogen-bond donors (Lipinski definition) is 3. The lowest BCUT2D eigenvalue weighted by atomic mass is 10.1. The number of halogens is 1. The molecular weight excluding hydrogens is 249 g/mol. The maximum Gasteiger partial charge on any atom is 0.170 e. The lowest BCUT2D eigenvalue weighted by molar-refractivity contribution is 0.0792. The Labute approximate surface area is 111 Å². The molecule has 19 heavy (non-hydrogen) atoms. The minimum Gasteiger partial charge on any atom is -0.409 e. The van der Waals surface area contributed by atoms with Crippen molar-refractivity contribution in [1.29, 1.82) is 0 Å². The van der Waals surface area contributed by atoms with Gasteiger partial charge in [-0.15, -0.1) is 0 Å². The minimum absolute atomic E-state index is 0.102. The second-order valence-corrected chi connectivity index (χ2v) is 4.84. The summed E-state index contributed by atoms with van der Waals surface area (Å²) < 4.78 is 13.5. The third-order valence-corrected chi connectivity index (χ3v) is 3.32. The van der Waals surface area contributed by atoms with Gasteiger partial charge in [0.25, 0.3) is 0 Å². The Morgan fingerprint density at radius 2 is 2.05 bits per heavy atom. The molecule has 0 aromatic heterocycles. The Balaban J connectivity index is 2.10. The summed E-state index contributed by atoms with van der Waals surface area (Å²) >= 11 is 0. The number of amidine groups is 1. The van der Waals surface area contributed by atoms with Crippen LogP contribution in [0.3, 0.4) is 0 Å². The predicted molar refractivity (Wildman–Crippen MR) is 69.4 cm³/mol. The summed E-state index contributed by atoms with van der Waals surface area (Å²) in [5, 5.41) is 20.9. The average molecular weight is 267 g/mol. The first kappa shape index (κ1) is 13.8. The van der Waals surface area contributed by atoms with Crippen LogP contribution in [-0.2, 0) is 6.54 Å². The number of aliphatic hydroxyl groups is 1. The molecule has 0 unspecified atom stereocenters. The van der Waals surface area contributed by atoms with E-state index in [1.54, 1.807) is 6.07 Å². The number of aliphatic hydroxyl groups excluding tert-OH is 1. The molecule has 1 heterocycles. The van der Waals surface area contributed by atoms with Crippen molar-refractivity contribution in [2.75, 3.05) is 13.1 Å². The summed E-state index contributed by atoms with van der Waals surface area (Å²) in [4.78, 5) is 2.15. The van der Waals surface area contributed by atoms with Crippen LogP contribution in [0.1, 0.15) is 24.0 Å². The van der Waals surface area contributed by atoms with Gasteiger partial charge in [-0.25, -0.2) is 4.39 Å². The summed E-state index contributed by atoms with van der Waals surface area (Å²) in [6.07, 6.45) is 1.25. The Hall–Kier alpha value is -1.66. The van der Waals surface area contributed by atoms with E-state index >= 15 is 0 Å². The van der Waals surface area contributed by atoms with E-state index in [1.807, 2.05) is 0 Å². The second-order valence-electron chi connectivity index (χ2n) is 4.84. The van der Waals surface area contributed by atoms with Crippen LogP contribution in [0.5, 0.6) is 0 Å². The number of nitrogens with zero attached hydrogens (tertiary/aromatic N) is 2. The molecule has 0 saturated carbocycles. The predicted octanol–water partition coefficient (Wildman–Crippen LogP) is 0.877. The van der Waals surface area contributed by atoms with Crippen LogP contribution >= 0.6 is 0 Å². The molecule has 5 nitrogen and oxygen atoms in total. The first-order valence-electron chi connectivity index (χ1n) is 6.26. The molecule has 0 spiro atoms. The summed E-state index contributed by atoms with van der Waals surface area (Å²) in [6.45, 7) is 2.17. The van der Waals surface area contributed by atoms with Gasteiger partial charge < -0.3 is 16.0 Å². The molecule has 2 rings (SSSR count). The quantitative estimate of drug-likeness (QED) is 0.328. The van der Waals surface area contributed by atoms with Crippen molar-refractivity contribution < 1.29 is 14.7 Å². The van der Waals surface area contributed by atoms with Gasteiger partial charge in [-0.2, -0.15) is 0 Å². The first-order chi connectivity index (χ1) is 9.08. The molecule has 1 aromatic rings. The smallest absolute Gasteiger partial charge is 0.170 e. The van der Waals surface area contributed by atoms with E-state index in [9.17, 15) is 9.50 Å². The van der Waals surface area contributed by atoms with Crippen molar-refractivity contribution in [3.63, 3.8) is 0 Å². The molecule has 4 N–H and O–H groups in total. The highest BCUT2D eigenvalue weighted by molar-refractivity contribution is 5.97. The van der Waals surface area contributed by atoms with E-state index < -0.39 is 5.82 Å². The summed E-state index contributed by atoms with van der Waals surface area (Å²) in [6, 6.07) is 4.39. The van der Waals surface area contributed by atoms with Crippen molar-refractivity contribution >= 4 is 5.84 Å². The van der Waals surface area contributed by atoms with Gasteiger partial charge in [0.2, 0.25) is 0 Å². The largest absolute Gasteiger partial charge is 0.409 e. The van der Waals surface area contributed by atoms with E-state index in [-0.39, 0.29) is 11.9 Å². The molecular formula is C13H18FN3O2. The van der Waals surface area contributed by atoms with Gasteiger partial charge in [0, 0.05) is 25.2 Å². The van der Waals surface area contributed by atoms with Crippen LogP contribution in [0.25, 0.3) is 0 Å². The number of nitrogens with two attached hydrogens (primary N) is 1. The molecule has 1 fully saturated rings. The fourth-order valence-corrected chi connectivity index (χ4v) is 2.28. The lowest BCUT2D eigenvalue weighted by Crippen LogP contribution is -2.35. The maximum absolute atomic E-state index is 13.5. The van der Waals surface area contributed by atoms with Crippen LogP contribution in [0.2, 0.25) is 0 Å². The van der Waals surface area contributed by atoms with Gasteiger partial charge in [-0.3, -0.25) is 4.90 Å². The standard InChI is InChI=1S/C13H18FN3O2/c14-11-6-9(5-10(7-11)13(15)16-19)8-17-3-1-12(18)2-4-17/h5-7,12,18-19H,1-4,8H2,(H2,15,16). The summed E-state index contributed by atoms with van der Waals surface area (Å²) in [5.41, 5.74) is 6.62. The highest BCUT2D eigenvalue weighted by atomic mass is 19.1. The third-order valence-electron chi connectivity index (χ3n) is 3.32. The molecule has 1 aromatic carbocycles. The van der Waals surface area contributed by atoms with E-state index in [0.29, 0.717) is 12.1 Å². The Bertz CT molecular complexity index is 471. The van der Waals surface area contributed by atoms with Crippen LogP contribution < -0.4 is 5.73 Å². The molecule has 0 atom stereocenters. The number of oxime groups is 1. The van der Waals surface area contributed by atoms with Gasteiger partial charge in [0.05, 0.1) is 6.10 Å². The zero-order chi connectivity index (χ0) is 13.8. The molecule has 1 aliphatic rings. The van der Waals surface area contributed by atoms with Crippen molar-refractivity contribution in [3.05, 3.63) is 35.1 Å². The molecule has 104 valence electrons. The van der Waals surface area contributed by atoms with Crippen molar-refractivity contribution in [3.8, 4) is 0 Å². The van der Waals surface area contributed by atoms with Gasteiger partial charge in [0.15, 0.2) is 5.84 Å². The Kier molecular flexibility index (Phi) is 4.34. The highest BCUT2D eigenvalue weighted by Gasteiger charge is 2.17. The molecule has 1 aliphatic heterocycles. The normalized spacial score (nSPS) is 18.7. The number of likely N-dealkylation sites (tertiary alicyclic amines) is 1. The Morgan fingerprint density at radius 3 is 2.68 bits per heavy atom. The number of hydrogen-bond acceptors (Lipinski definition) is 4. The number of piperidine rings is 1. The van der Waals surface area contributed by atoms with E-state index in [1.165, 1.54) is 12.1 Å². The third kappa shape index (κ3) is 3.65. The second kappa shape index (κ2) is 5.99. The van der Waals surface area contributed by atoms with E-state index in [2.05, 4.69) is 10.1 Å². The molecule has 6 heteroatoms. The fourth-order valence-electron chi connectivity index (χ4n) is 2.28. The molecule has 0 amide bonds. The van der Waals surface area contributed by atoms with Crippen molar-refractivity contribution in [2.24, 2.45) is 10.9 Å². The van der Waals surface area contributed by atoms with Gasteiger partial charge in [0.1, 0.15) is 5.82 Å². The monoisotopic (exact) mass is 267 g/mol. The van der Waals surface area contributed by atoms with E-state index in [4.69, 9.17) is 10.9 Å². The van der Waals surface area contributed by atoms with Gasteiger partial charge in [-0.1, -0.05) is 5.16 Å². The highest BCUT2D eigenvalue weighted by Crippen LogP contribution is 2.16. The maximum atomic E-state index is 13.5. The van der Waals surface area contributed by atoms with Crippen LogP contribution in [0, 0.1) is 5.82 Å². The molecule has 0 radical (unpaired) electrons. The Morgan fingerprint density at radius 1 is 1.37 bits per heavy atom. The van der Waals surface area contributed by atoms with Gasteiger partial charge in [-0.05, 0) is 36.6 Å². The zero-order valence-electron chi connectivity index (χ0n) is 10.6. The van der Waals surface area contributed by atoms with Gasteiger partial charge >= 0.3 is 0 Å². The first-order valence-corrected chi connectivity index (χ1v) is 6.26. The molecule has 0 aliphatic carbocycles. The van der Waals surface area contributed by atoms with Crippen LogP contribution in [0.15, 0.2) is 23.4 Å². The topological polar surface area (TPSA) is 82.1 Å². The number of rotatable bonds is 3. The minimum atomic E-state index is -0.406. The molecule has 1 saturated heterocycles. The number of benzene rings is 1. The van der Waals surface area contributed by atoms with Crippen molar-refractivity contribution in [1.82, 2.24) is 4.90 Å². The molecule has 0 bridgehead atoms. The zero-order valence-corrected chi connectivity index (χ0v) is 10.6. The van der Waals surface area contributed by atoms with Crippen LogP contribution in [0.4, 0.5) is 4.39 Å². The SMILES string of the molecule is N/C(=N/O)c1cc(F)cc(CN2CCC(O)CC2)c1. The summed E-state index contributed by atoms with van der Waals surface area (Å²) in [5.74, 6) is -0.508. The van der Waals surface area contributed by atoms with E-state index in [0.717, 1.165) is 31.5 Å².